The zero-order chi connectivity index (χ0) is 44.6. The van der Waals surface area contributed by atoms with Crippen LogP contribution in [0.1, 0.15) is 101 Å². The highest BCUT2D eigenvalue weighted by Crippen LogP contribution is 2.12. The molecular weight excluding hydrogens is 802 g/mol. The molecular formula is C37H72ClN7O14. The SMILES string of the molecule is C.CC(=O)OC(C)=O.CC(=O)O[C@H](C)[C@H](N)C(=O)N1CCCC1.CC(=O)O[C@H](C)[C@H](N)C(=O)N1CCCC1.C[C@@H](O)[C@H](N)C(=O)N1CCCC1.C[C@@H](O)[C@H](N)C(=O)O.Cl. The van der Waals surface area contributed by atoms with E-state index >= 15 is 0 Å². The Hall–Kier alpha value is -3.99. The van der Waals surface area contributed by atoms with Crippen molar-refractivity contribution in [3.05, 3.63) is 0 Å². The van der Waals surface area contributed by atoms with Crippen LogP contribution in [0, 0.1) is 0 Å². The van der Waals surface area contributed by atoms with Crippen molar-refractivity contribution >= 4 is 60.0 Å². The van der Waals surface area contributed by atoms with E-state index in [4.69, 9.17) is 47.7 Å². The van der Waals surface area contributed by atoms with E-state index in [-0.39, 0.29) is 37.6 Å². The van der Waals surface area contributed by atoms with Gasteiger partial charge in [-0.25, -0.2) is 0 Å². The Morgan fingerprint density at radius 2 is 0.712 bits per heavy atom. The van der Waals surface area contributed by atoms with E-state index in [1.807, 2.05) is 0 Å². The first-order valence-corrected chi connectivity index (χ1v) is 18.9. The van der Waals surface area contributed by atoms with Gasteiger partial charge >= 0.3 is 29.8 Å². The van der Waals surface area contributed by atoms with Crippen LogP contribution in [0.5, 0.6) is 0 Å². The third-order valence-electron chi connectivity index (χ3n) is 8.44. The summed E-state index contributed by atoms with van der Waals surface area (Å²) in [5.41, 5.74) is 21.8. The molecule has 3 aliphatic rings. The largest absolute Gasteiger partial charge is 0.480 e. The molecule has 346 valence electrons. The third-order valence-corrected chi connectivity index (χ3v) is 8.44. The second-order valence-electron chi connectivity index (χ2n) is 13.7. The van der Waals surface area contributed by atoms with Crippen molar-refractivity contribution in [2.45, 2.75) is 150 Å². The van der Waals surface area contributed by atoms with E-state index in [0.29, 0.717) is 0 Å². The smallest absolute Gasteiger partial charge is 0.323 e. The number of hydrogen-bond donors (Lipinski definition) is 7. The van der Waals surface area contributed by atoms with Crippen LogP contribution in [0.25, 0.3) is 0 Å². The number of nitrogens with zero attached hydrogens (tertiary/aromatic N) is 3. The fourth-order valence-electron chi connectivity index (χ4n) is 5.13. The Balaban J connectivity index is -0.000000327. The summed E-state index contributed by atoms with van der Waals surface area (Å²) in [6.07, 6.45) is 3.37. The monoisotopic (exact) mass is 873 g/mol. The van der Waals surface area contributed by atoms with Gasteiger partial charge in [0.15, 0.2) is 0 Å². The summed E-state index contributed by atoms with van der Waals surface area (Å²) in [5.74, 6) is -3.50. The lowest BCUT2D eigenvalue weighted by Gasteiger charge is -2.24. The molecule has 0 spiro atoms. The number of rotatable bonds is 10. The van der Waals surface area contributed by atoms with Crippen molar-refractivity contribution < 1.29 is 67.9 Å². The number of carboxylic acids is 1. The maximum absolute atomic E-state index is 11.8. The van der Waals surface area contributed by atoms with Crippen LogP contribution in [0.2, 0.25) is 0 Å². The summed E-state index contributed by atoms with van der Waals surface area (Å²) in [5, 5.41) is 25.6. The summed E-state index contributed by atoms with van der Waals surface area (Å²) in [6, 6.07) is -3.39. The quantitative estimate of drug-likeness (QED) is 0.0788. The Labute approximate surface area is 354 Å². The van der Waals surface area contributed by atoms with Crippen molar-refractivity contribution in [2.24, 2.45) is 22.9 Å². The molecule has 0 aromatic rings. The Morgan fingerprint density at radius 3 is 0.864 bits per heavy atom. The van der Waals surface area contributed by atoms with Gasteiger partial charge in [-0.1, -0.05) is 7.43 Å². The Kier molecular flexibility index (Phi) is 34.3. The summed E-state index contributed by atoms with van der Waals surface area (Å²) in [7, 11) is 0. The average molecular weight is 874 g/mol. The van der Waals surface area contributed by atoms with Gasteiger partial charge in [0.05, 0.1) is 12.2 Å². The van der Waals surface area contributed by atoms with E-state index in [9.17, 15) is 38.4 Å². The van der Waals surface area contributed by atoms with Crippen molar-refractivity contribution in [3.63, 3.8) is 0 Å². The molecule has 3 heterocycles. The predicted octanol–water partition coefficient (Wildman–Crippen LogP) is -0.975. The Morgan fingerprint density at radius 1 is 0.475 bits per heavy atom. The second kappa shape index (κ2) is 32.8. The second-order valence-corrected chi connectivity index (χ2v) is 13.7. The number of ether oxygens (including phenoxy) is 3. The molecule has 0 saturated carbocycles. The van der Waals surface area contributed by atoms with E-state index in [1.54, 1.807) is 35.5 Å². The van der Waals surface area contributed by atoms with Crippen LogP contribution in [0.15, 0.2) is 0 Å². The highest BCUT2D eigenvalue weighted by molar-refractivity contribution is 5.85. The van der Waals surface area contributed by atoms with Crippen LogP contribution in [0.4, 0.5) is 0 Å². The van der Waals surface area contributed by atoms with Crippen LogP contribution in [-0.4, -0.2) is 165 Å². The first-order chi connectivity index (χ1) is 26.3. The molecule has 3 saturated heterocycles. The van der Waals surface area contributed by atoms with Crippen LogP contribution >= 0.6 is 12.4 Å². The molecule has 0 bridgehead atoms. The molecule has 3 rings (SSSR count). The van der Waals surface area contributed by atoms with Gasteiger partial charge in [0.25, 0.3) is 0 Å². The zero-order valence-corrected chi connectivity index (χ0v) is 35.8. The third kappa shape index (κ3) is 27.4. The number of likely N-dealkylation sites (tertiary alicyclic amines) is 3. The van der Waals surface area contributed by atoms with Gasteiger partial charge in [0.2, 0.25) is 17.7 Å². The molecule has 3 fully saturated rings. The van der Waals surface area contributed by atoms with E-state index in [1.165, 1.54) is 34.6 Å². The number of aliphatic hydroxyl groups excluding tert-OH is 2. The molecule has 0 radical (unpaired) electrons. The number of hydrogen-bond acceptors (Lipinski definition) is 17. The molecule has 21 nitrogen and oxygen atoms in total. The van der Waals surface area contributed by atoms with Crippen LogP contribution in [-0.2, 0) is 52.6 Å². The minimum atomic E-state index is -1.18. The lowest BCUT2D eigenvalue weighted by atomic mass is 10.1. The van der Waals surface area contributed by atoms with Gasteiger partial charge < -0.3 is 67.2 Å². The molecule has 0 aliphatic carbocycles. The molecule has 59 heavy (non-hydrogen) atoms. The lowest BCUT2D eigenvalue weighted by molar-refractivity contribution is -0.157. The van der Waals surface area contributed by atoms with Crippen LogP contribution in [0.3, 0.4) is 0 Å². The summed E-state index contributed by atoms with van der Waals surface area (Å²) < 4.78 is 13.7. The minimum Gasteiger partial charge on any atom is -0.480 e. The number of aliphatic hydroxyl groups is 2. The number of carboxylic acid groups (broad SMARTS) is 1. The first-order valence-electron chi connectivity index (χ1n) is 18.9. The molecule has 8 atom stereocenters. The highest BCUT2D eigenvalue weighted by Gasteiger charge is 2.30. The molecule has 0 aromatic carbocycles. The van der Waals surface area contributed by atoms with Gasteiger partial charge in [0.1, 0.15) is 36.4 Å². The average Bonchev–Trinajstić information content (AvgIpc) is 3.94. The fraction of sp³-hybridized carbons (Fsp3) is 0.784. The van der Waals surface area contributed by atoms with Gasteiger partial charge in [-0.3, -0.25) is 38.4 Å². The normalized spacial score (nSPS) is 17.9. The number of carbonyl (C=O) groups is 8. The zero-order valence-electron chi connectivity index (χ0n) is 35.0. The van der Waals surface area contributed by atoms with Crippen molar-refractivity contribution in [2.75, 3.05) is 39.3 Å². The standard InChI is InChI=1S/2C10H18N2O3.C8H16N2O2.C4H9NO3.C4H6O3.CH4.ClH/c2*1-7(15-8(2)13)9(11)10(14)12-5-3-4-6-12;1-6(11)7(9)8(12)10-4-2-3-5-10;1-2(6)3(5)4(7)8;1-3(5)7-4(2)6;;/h2*7,9H,3-6,11H2,1-2H3;6-7,11H,2-5,9H2,1H3;2-3,6H,5H2,1H3,(H,7,8);1-2H3;1H4;1H/t2*7-,9+;6-,7+;2-,3+;;;/m1111.../s1. The van der Waals surface area contributed by atoms with E-state index in [0.717, 1.165) is 77.8 Å². The first kappa shape index (κ1) is 61.7. The molecule has 0 aromatic heterocycles. The van der Waals surface area contributed by atoms with Gasteiger partial charge in [-0.15, -0.1) is 12.4 Å². The highest BCUT2D eigenvalue weighted by atomic mass is 35.5. The molecule has 3 aliphatic heterocycles. The summed E-state index contributed by atoms with van der Waals surface area (Å²) in [4.78, 5) is 91.0. The van der Waals surface area contributed by atoms with Crippen molar-refractivity contribution in [1.29, 1.82) is 0 Å². The van der Waals surface area contributed by atoms with Gasteiger partial charge in [-0.05, 0) is 66.2 Å². The van der Waals surface area contributed by atoms with Gasteiger partial charge in [0, 0.05) is 67.0 Å². The van der Waals surface area contributed by atoms with E-state index in [2.05, 4.69) is 4.74 Å². The lowest BCUT2D eigenvalue weighted by Crippen LogP contribution is -2.49. The van der Waals surface area contributed by atoms with Crippen LogP contribution < -0.4 is 22.9 Å². The van der Waals surface area contributed by atoms with E-state index < -0.39 is 78.4 Å². The number of halogens is 1. The van der Waals surface area contributed by atoms with Crippen molar-refractivity contribution in [3.8, 4) is 0 Å². The number of carbonyl (C=O) groups excluding carboxylic acids is 7. The maximum atomic E-state index is 11.8. The number of aliphatic carboxylic acids is 1. The topological polar surface area (TPSA) is 339 Å². The maximum Gasteiger partial charge on any atom is 0.323 e. The predicted molar refractivity (Wildman–Crippen MR) is 219 cm³/mol. The summed E-state index contributed by atoms with van der Waals surface area (Å²) in [6.45, 7) is 15.8. The van der Waals surface area contributed by atoms with Crippen molar-refractivity contribution in [1.82, 2.24) is 14.7 Å². The molecule has 22 heteroatoms. The van der Waals surface area contributed by atoms with Gasteiger partial charge in [-0.2, -0.15) is 0 Å². The molecule has 11 N–H and O–H groups in total. The fourth-order valence-corrected chi connectivity index (χ4v) is 5.13. The number of nitrogens with two attached hydrogens (primary N) is 4. The number of amides is 3. The Bertz CT molecular complexity index is 1220. The number of esters is 4. The summed E-state index contributed by atoms with van der Waals surface area (Å²) >= 11 is 0. The minimum absolute atomic E-state index is 0. The molecule has 0 unspecified atom stereocenters. The molecule has 3 amide bonds.